The van der Waals surface area contributed by atoms with E-state index in [9.17, 15) is 4.79 Å². The maximum Gasteiger partial charge on any atom is 0.337 e. The van der Waals surface area contributed by atoms with Crippen molar-refractivity contribution in [2.45, 2.75) is 13.0 Å². The highest BCUT2D eigenvalue weighted by Crippen LogP contribution is 2.43. The van der Waals surface area contributed by atoms with Gasteiger partial charge in [0.2, 0.25) is 5.95 Å². The number of aromatic nitrogens is 2. The lowest BCUT2D eigenvalue weighted by Crippen LogP contribution is -2.28. The largest absolute Gasteiger partial charge is 0.497 e. The molecule has 0 unspecified atom stereocenters. The van der Waals surface area contributed by atoms with Crippen LogP contribution in [-0.4, -0.2) is 36.8 Å². The molecule has 3 aromatic rings. The van der Waals surface area contributed by atoms with Gasteiger partial charge in [-0.2, -0.15) is 0 Å². The Morgan fingerprint density at radius 2 is 1.89 bits per heavy atom. The van der Waals surface area contributed by atoms with Gasteiger partial charge < -0.3 is 19.5 Å². The van der Waals surface area contributed by atoms with Crippen molar-refractivity contribution in [3.63, 3.8) is 0 Å². The van der Waals surface area contributed by atoms with Crippen LogP contribution in [0.5, 0.6) is 11.5 Å². The lowest BCUT2D eigenvalue weighted by atomic mass is 9.94. The van der Waals surface area contributed by atoms with Crippen molar-refractivity contribution in [1.82, 2.24) is 9.55 Å². The fraction of sp³-hybridized carbons (Fsp3) is 0.238. The Hall–Kier alpha value is -3.48. The maximum atomic E-state index is 12.8. The summed E-state index contributed by atoms with van der Waals surface area (Å²) in [5, 5.41) is 3.24. The fourth-order valence-corrected chi connectivity index (χ4v) is 3.69. The zero-order chi connectivity index (χ0) is 19.8. The fourth-order valence-electron chi connectivity index (χ4n) is 3.69. The zero-order valence-corrected chi connectivity index (χ0v) is 16.1. The van der Waals surface area contributed by atoms with Crippen LogP contribution in [0.4, 0.5) is 5.95 Å². The molecule has 0 spiro atoms. The molecule has 1 aromatic heterocycles. The molecule has 2 heterocycles. The molecule has 28 heavy (non-hydrogen) atoms. The molecule has 7 heteroatoms. The molecule has 1 N–H and O–H groups in total. The Morgan fingerprint density at radius 3 is 2.61 bits per heavy atom. The van der Waals surface area contributed by atoms with Crippen LogP contribution in [-0.2, 0) is 9.53 Å². The molecule has 1 aliphatic rings. The van der Waals surface area contributed by atoms with Gasteiger partial charge in [0.1, 0.15) is 11.5 Å². The van der Waals surface area contributed by atoms with Crippen molar-refractivity contribution >= 4 is 23.0 Å². The van der Waals surface area contributed by atoms with Crippen molar-refractivity contribution in [3.05, 3.63) is 59.3 Å². The smallest absolute Gasteiger partial charge is 0.337 e. The van der Waals surface area contributed by atoms with Crippen molar-refractivity contribution in [2.75, 3.05) is 26.6 Å². The first-order chi connectivity index (χ1) is 13.6. The Morgan fingerprint density at radius 1 is 1.11 bits per heavy atom. The van der Waals surface area contributed by atoms with Gasteiger partial charge in [0.05, 0.1) is 44.0 Å². The number of benzene rings is 2. The number of hydrogen-bond acceptors (Lipinski definition) is 6. The van der Waals surface area contributed by atoms with E-state index in [2.05, 4.69) is 5.32 Å². The average molecular weight is 379 g/mol. The lowest BCUT2D eigenvalue weighted by Gasteiger charge is -2.31. The number of anilines is 1. The number of carbonyl (C=O) groups excluding carboxylic acids is 1. The molecule has 0 radical (unpaired) electrons. The van der Waals surface area contributed by atoms with E-state index in [-0.39, 0.29) is 0 Å². The summed E-state index contributed by atoms with van der Waals surface area (Å²) >= 11 is 0. The highest BCUT2D eigenvalue weighted by atomic mass is 16.5. The van der Waals surface area contributed by atoms with Crippen LogP contribution in [0.1, 0.15) is 18.5 Å². The predicted octanol–water partition coefficient (Wildman–Crippen LogP) is 3.52. The van der Waals surface area contributed by atoms with Crippen molar-refractivity contribution in [2.24, 2.45) is 0 Å². The molecule has 0 fully saturated rings. The third kappa shape index (κ3) is 2.67. The van der Waals surface area contributed by atoms with Gasteiger partial charge in [0.25, 0.3) is 0 Å². The second-order valence-corrected chi connectivity index (χ2v) is 6.46. The number of methoxy groups -OCH3 is 3. The third-order valence-corrected chi connectivity index (χ3v) is 4.97. The number of nitrogens with one attached hydrogen (secondary N) is 1. The first-order valence-electron chi connectivity index (χ1n) is 8.84. The molecule has 0 aliphatic carbocycles. The van der Waals surface area contributed by atoms with E-state index < -0.39 is 12.0 Å². The first kappa shape index (κ1) is 17.9. The number of carbonyl (C=O) groups is 1. The minimum Gasteiger partial charge on any atom is -0.497 e. The van der Waals surface area contributed by atoms with Gasteiger partial charge in [0.15, 0.2) is 0 Å². The van der Waals surface area contributed by atoms with Crippen molar-refractivity contribution in [3.8, 4) is 11.5 Å². The summed E-state index contributed by atoms with van der Waals surface area (Å²) in [7, 11) is 4.59. The molecule has 0 amide bonds. The first-order valence-corrected chi connectivity index (χ1v) is 8.84. The summed E-state index contributed by atoms with van der Waals surface area (Å²) in [6.07, 6.45) is 0. The average Bonchev–Trinajstić information content (AvgIpc) is 3.09. The number of esters is 1. The summed E-state index contributed by atoms with van der Waals surface area (Å²) in [6.45, 7) is 1.84. The quantitative estimate of drug-likeness (QED) is 0.699. The molecule has 2 aromatic carbocycles. The van der Waals surface area contributed by atoms with Gasteiger partial charge >= 0.3 is 5.97 Å². The summed E-state index contributed by atoms with van der Waals surface area (Å²) in [6, 6.07) is 12.8. The van der Waals surface area contributed by atoms with Gasteiger partial charge in [-0.15, -0.1) is 0 Å². The maximum absolute atomic E-state index is 12.8. The van der Waals surface area contributed by atoms with Crippen LogP contribution in [0.15, 0.2) is 53.7 Å². The monoisotopic (exact) mass is 379 g/mol. The van der Waals surface area contributed by atoms with E-state index in [1.807, 2.05) is 54.0 Å². The molecule has 4 rings (SSSR count). The van der Waals surface area contributed by atoms with Crippen LogP contribution in [0.3, 0.4) is 0 Å². The van der Waals surface area contributed by atoms with E-state index in [1.165, 1.54) is 7.11 Å². The number of imidazole rings is 1. The van der Waals surface area contributed by atoms with Crippen molar-refractivity contribution in [1.29, 1.82) is 0 Å². The summed E-state index contributed by atoms with van der Waals surface area (Å²) < 4.78 is 18.1. The number of fused-ring (bicyclic) bond motifs is 3. The normalized spacial score (nSPS) is 15.8. The van der Waals surface area contributed by atoms with E-state index in [0.29, 0.717) is 28.7 Å². The molecule has 1 atom stereocenters. The van der Waals surface area contributed by atoms with E-state index in [1.54, 1.807) is 14.2 Å². The number of hydrogen-bond donors (Lipinski definition) is 1. The van der Waals surface area contributed by atoms with Gasteiger partial charge in [-0.1, -0.05) is 12.1 Å². The summed E-state index contributed by atoms with van der Waals surface area (Å²) in [5.41, 5.74) is 3.69. The Bertz CT molecular complexity index is 1100. The predicted molar refractivity (Wildman–Crippen MR) is 106 cm³/mol. The molecular weight excluding hydrogens is 358 g/mol. The number of rotatable bonds is 4. The molecule has 7 nitrogen and oxygen atoms in total. The van der Waals surface area contributed by atoms with Gasteiger partial charge in [-0.3, -0.25) is 4.57 Å². The summed E-state index contributed by atoms with van der Waals surface area (Å²) in [4.78, 5) is 17.4. The lowest BCUT2D eigenvalue weighted by molar-refractivity contribution is -0.136. The molecular formula is C21H21N3O4. The number of para-hydroxylation sites is 2. The highest BCUT2D eigenvalue weighted by molar-refractivity contribution is 5.94. The molecule has 0 saturated heterocycles. The Labute approximate surface area is 162 Å². The van der Waals surface area contributed by atoms with E-state index >= 15 is 0 Å². The van der Waals surface area contributed by atoms with E-state index in [0.717, 1.165) is 16.6 Å². The van der Waals surface area contributed by atoms with Crippen LogP contribution in [0.25, 0.3) is 11.0 Å². The minimum absolute atomic E-state index is 0.414. The highest BCUT2D eigenvalue weighted by Gasteiger charge is 2.36. The van der Waals surface area contributed by atoms with Crippen molar-refractivity contribution < 1.29 is 19.0 Å². The third-order valence-electron chi connectivity index (χ3n) is 4.97. The second-order valence-electron chi connectivity index (χ2n) is 6.46. The van der Waals surface area contributed by atoms with Gasteiger partial charge in [-0.25, -0.2) is 9.78 Å². The zero-order valence-electron chi connectivity index (χ0n) is 16.1. The van der Waals surface area contributed by atoms with Crippen LogP contribution < -0.4 is 14.8 Å². The minimum atomic E-state index is -0.485. The Kier molecular flexibility index (Phi) is 4.43. The van der Waals surface area contributed by atoms with Gasteiger partial charge in [0, 0.05) is 11.3 Å². The van der Waals surface area contributed by atoms with Crippen LogP contribution in [0.2, 0.25) is 0 Å². The molecule has 144 valence electrons. The number of allylic oxidation sites excluding steroid dienone is 1. The number of ether oxygens (including phenoxy) is 3. The standard InChI is InChI=1S/C21H21N3O4/c1-12-18(20(25)28-4)19(14-11-13(26-2)9-10-17(14)27-3)24-16-8-6-5-7-15(16)23-21(24)22-12/h5-11,19H,1-4H3,(H,22,23)/t19-/m1/s1. The topological polar surface area (TPSA) is 74.6 Å². The van der Waals surface area contributed by atoms with Crippen LogP contribution in [0, 0.1) is 0 Å². The molecule has 0 bridgehead atoms. The molecule has 1 aliphatic heterocycles. The van der Waals surface area contributed by atoms with Crippen LogP contribution >= 0.6 is 0 Å². The van der Waals surface area contributed by atoms with E-state index in [4.69, 9.17) is 19.2 Å². The number of nitrogens with zero attached hydrogens (tertiary/aromatic N) is 2. The Balaban J connectivity index is 2.06. The molecule has 0 saturated carbocycles. The summed E-state index contributed by atoms with van der Waals surface area (Å²) in [5.74, 6) is 1.55. The second kappa shape index (κ2) is 6.92. The SMILES string of the molecule is COC(=O)C1=C(C)Nc2nc3ccccc3n2[C@@H]1c1cc(OC)ccc1OC. The van der Waals surface area contributed by atoms with Gasteiger partial charge in [-0.05, 0) is 37.3 Å².